The second-order valence-corrected chi connectivity index (χ2v) is 11.7. The summed E-state index contributed by atoms with van der Waals surface area (Å²) < 4.78 is 21.7. The van der Waals surface area contributed by atoms with E-state index in [2.05, 4.69) is 16.0 Å². The van der Waals surface area contributed by atoms with Gasteiger partial charge in [0.05, 0.1) is 38.6 Å². The normalized spacial score (nSPS) is 10.8. The molecule has 0 atom stereocenters. The summed E-state index contributed by atoms with van der Waals surface area (Å²) in [7, 11) is 1.51. The van der Waals surface area contributed by atoms with Crippen molar-refractivity contribution in [2.45, 2.75) is 66.7 Å². The van der Waals surface area contributed by atoms with Gasteiger partial charge in [-0.15, -0.1) is 0 Å². The van der Waals surface area contributed by atoms with Crippen LogP contribution in [0.15, 0.2) is 54.6 Å². The molecule has 12 nitrogen and oxygen atoms in total. The highest BCUT2D eigenvalue weighted by molar-refractivity contribution is 6.09. The number of amidine groups is 1. The van der Waals surface area contributed by atoms with Gasteiger partial charge in [0.25, 0.3) is 5.91 Å². The molecule has 0 unspecified atom stereocenters. The average molecular weight is 663 g/mol. The van der Waals surface area contributed by atoms with Crippen LogP contribution in [0.3, 0.4) is 0 Å². The molecule has 0 bridgehead atoms. The second kappa shape index (κ2) is 18.3. The molecule has 258 valence electrons. The van der Waals surface area contributed by atoms with Crippen molar-refractivity contribution in [3.05, 3.63) is 82.4 Å². The monoisotopic (exact) mass is 662 g/mol. The summed E-state index contributed by atoms with van der Waals surface area (Å²) in [6.07, 6.45) is -0.329. The Labute approximate surface area is 281 Å². The second-order valence-electron chi connectivity index (χ2n) is 11.7. The summed E-state index contributed by atoms with van der Waals surface area (Å²) in [5, 5.41) is 26.8. The number of nitrogens with one attached hydrogen (secondary N) is 4. The zero-order chi connectivity index (χ0) is 35.2. The van der Waals surface area contributed by atoms with Gasteiger partial charge in [-0.1, -0.05) is 19.9 Å². The van der Waals surface area contributed by atoms with Crippen molar-refractivity contribution < 1.29 is 38.4 Å². The standard InChI is InChI=1S/C36H46N4O8/c1-7-46-33(42)15-13-29-26(16-24(20-41)17-32(29)48-23(4)5)19-38-31-14-12-28(45-6)18-30(31)35(43)39-27-10-8-25(9-11-27)34(37)40-36(44)47-21-22(2)3/h8-12,14,16-18,22-23,38,41H,7,13,15,19-21H2,1-6H3,(H,39,43)(H2,37,40,44). The molecule has 0 aromatic heterocycles. The van der Waals surface area contributed by atoms with E-state index in [9.17, 15) is 19.5 Å². The van der Waals surface area contributed by atoms with Crippen LogP contribution in [0.5, 0.6) is 11.5 Å². The van der Waals surface area contributed by atoms with E-state index in [0.717, 1.165) is 11.1 Å². The van der Waals surface area contributed by atoms with E-state index >= 15 is 0 Å². The van der Waals surface area contributed by atoms with Gasteiger partial charge < -0.3 is 34.7 Å². The van der Waals surface area contributed by atoms with Crippen molar-refractivity contribution >= 4 is 35.2 Å². The minimum absolute atomic E-state index is 0.130. The molecule has 0 saturated carbocycles. The molecule has 48 heavy (non-hydrogen) atoms. The lowest BCUT2D eigenvalue weighted by Crippen LogP contribution is -2.31. The lowest BCUT2D eigenvalue weighted by atomic mass is 9.98. The zero-order valence-corrected chi connectivity index (χ0v) is 28.4. The van der Waals surface area contributed by atoms with Gasteiger partial charge in [0.15, 0.2) is 0 Å². The zero-order valence-electron chi connectivity index (χ0n) is 28.4. The third-order valence-corrected chi connectivity index (χ3v) is 6.94. The van der Waals surface area contributed by atoms with E-state index in [1.54, 1.807) is 55.5 Å². The van der Waals surface area contributed by atoms with Crippen LogP contribution in [-0.4, -0.2) is 55.3 Å². The van der Waals surface area contributed by atoms with E-state index in [4.69, 9.17) is 24.4 Å². The molecule has 0 aliphatic carbocycles. The van der Waals surface area contributed by atoms with E-state index in [1.807, 2.05) is 33.8 Å². The lowest BCUT2D eigenvalue weighted by molar-refractivity contribution is -0.143. The first kappa shape index (κ1) is 37.4. The van der Waals surface area contributed by atoms with Gasteiger partial charge >= 0.3 is 12.1 Å². The molecule has 3 rings (SSSR count). The molecular formula is C36H46N4O8. The summed E-state index contributed by atoms with van der Waals surface area (Å²) in [5.41, 5.74) is 3.98. The summed E-state index contributed by atoms with van der Waals surface area (Å²) in [6, 6.07) is 15.2. The van der Waals surface area contributed by atoms with Crippen LogP contribution in [0, 0.1) is 11.3 Å². The largest absolute Gasteiger partial charge is 0.497 e. The Kier molecular flexibility index (Phi) is 14.2. The van der Waals surface area contributed by atoms with Crippen molar-refractivity contribution in [1.29, 1.82) is 5.41 Å². The molecule has 0 spiro atoms. The van der Waals surface area contributed by atoms with Gasteiger partial charge in [-0.05, 0) is 98.3 Å². The van der Waals surface area contributed by atoms with Crippen molar-refractivity contribution in [3.8, 4) is 11.5 Å². The van der Waals surface area contributed by atoms with E-state index in [-0.39, 0.29) is 56.6 Å². The molecule has 0 heterocycles. The van der Waals surface area contributed by atoms with Crippen molar-refractivity contribution in [3.63, 3.8) is 0 Å². The Bertz CT molecular complexity index is 1570. The number of aliphatic hydroxyl groups excluding tert-OH is 1. The van der Waals surface area contributed by atoms with E-state index in [0.29, 0.717) is 46.0 Å². The summed E-state index contributed by atoms with van der Waals surface area (Å²) >= 11 is 0. The molecule has 0 aliphatic heterocycles. The number of carbonyl (C=O) groups excluding carboxylic acids is 3. The molecule has 5 N–H and O–H groups in total. The predicted molar refractivity (Wildman–Crippen MR) is 184 cm³/mol. The maximum atomic E-state index is 13.6. The maximum Gasteiger partial charge on any atom is 0.412 e. The first-order valence-corrected chi connectivity index (χ1v) is 15.9. The highest BCUT2D eigenvalue weighted by Crippen LogP contribution is 2.30. The average Bonchev–Trinajstić information content (AvgIpc) is 3.05. The molecule has 0 fully saturated rings. The number of hydrogen-bond donors (Lipinski definition) is 5. The van der Waals surface area contributed by atoms with E-state index in [1.165, 1.54) is 7.11 Å². The van der Waals surface area contributed by atoms with Gasteiger partial charge in [0.2, 0.25) is 0 Å². The number of alkyl carbamates (subject to hydrolysis) is 1. The maximum absolute atomic E-state index is 13.6. The number of benzene rings is 3. The Hall–Kier alpha value is -5.10. The Morgan fingerprint density at radius 3 is 2.31 bits per heavy atom. The third kappa shape index (κ3) is 11.3. The highest BCUT2D eigenvalue weighted by atomic mass is 16.5. The summed E-state index contributed by atoms with van der Waals surface area (Å²) in [4.78, 5) is 37.7. The number of rotatable bonds is 16. The molecule has 2 amide bonds. The number of ether oxygens (including phenoxy) is 4. The minimum Gasteiger partial charge on any atom is -0.497 e. The fraction of sp³-hybridized carbons (Fsp3) is 0.389. The van der Waals surface area contributed by atoms with Crippen LogP contribution in [0.1, 0.15) is 73.7 Å². The quantitative estimate of drug-likeness (QED) is 0.0697. The molecule has 0 radical (unpaired) electrons. The van der Waals surface area contributed by atoms with Crippen molar-refractivity contribution in [1.82, 2.24) is 5.32 Å². The van der Waals surface area contributed by atoms with Gasteiger partial charge in [0, 0.05) is 29.9 Å². The topological polar surface area (TPSA) is 168 Å². The summed E-state index contributed by atoms with van der Waals surface area (Å²) in [5.74, 6) is 0.361. The van der Waals surface area contributed by atoms with Crippen LogP contribution in [0.25, 0.3) is 0 Å². The van der Waals surface area contributed by atoms with Crippen molar-refractivity contribution in [2.24, 2.45) is 5.92 Å². The van der Waals surface area contributed by atoms with Crippen LogP contribution >= 0.6 is 0 Å². The first-order valence-electron chi connectivity index (χ1n) is 15.9. The molecule has 3 aromatic rings. The van der Waals surface area contributed by atoms with Crippen molar-refractivity contribution in [2.75, 3.05) is 31.0 Å². The van der Waals surface area contributed by atoms with Crippen LogP contribution in [0.2, 0.25) is 0 Å². The van der Waals surface area contributed by atoms with Gasteiger partial charge in [-0.2, -0.15) is 0 Å². The fourth-order valence-electron chi connectivity index (χ4n) is 4.67. The van der Waals surface area contributed by atoms with Gasteiger partial charge in [-0.25, -0.2) is 4.79 Å². The van der Waals surface area contributed by atoms with Crippen LogP contribution in [0.4, 0.5) is 16.2 Å². The summed E-state index contributed by atoms with van der Waals surface area (Å²) in [6.45, 7) is 9.98. The molecule has 0 aliphatic rings. The SMILES string of the molecule is CCOC(=O)CCc1c(CNc2ccc(OC)cc2C(=O)Nc2ccc(C(=N)NC(=O)OCC(C)C)cc2)cc(CO)cc1OC(C)C. The Morgan fingerprint density at radius 2 is 1.69 bits per heavy atom. The number of aliphatic hydroxyl groups is 1. The molecule has 0 saturated heterocycles. The molecule has 3 aromatic carbocycles. The Balaban J connectivity index is 1.82. The van der Waals surface area contributed by atoms with Gasteiger partial charge in [0.1, 0.15) is 17.3 Å². The Morgan fingerprint density at radius 1 is 0.958 bits per heavy atom. The smallest absolute Gasteiger partial charge is 0.412 e. The number of carbonyl (C=O) groups is 3. The number of esters is 1. The van der Waals surface area contributed by atoms with Crippen LogP contribution < -0.4 is 25.4 Å². The molecule has 12 heteroatoms. The van der Waals surface area contributed by atoms with E-state index < -0.39 is 12.0 Å². The first-order chi connectivity index (χ1) is 22.9. The fourth-order valence-corrected chi connectivity index (χ4v) is 4.67. The number of anilines is 2. The number of amides is 2. The highest BCUT2D eigenvalue weighted by Gasteiger charge is 2.18. The number of hydrogen-bond acceptors (Lipinski definition) is 10. The molecular weight excluding hydrogens is 616 g/mol. The lowest BCUT2D eigenvalue weighted by Gasteiger charge is -2.20. The van der Waals surface area contributed by atoms with Crippen LogP contribution in [-0.2, 0) is 33.8 Å². The van der Waals surface area contributed by atoms with Gasteiger partial charge in [-0.3, -0.25) is 20.3 Å². The third-order valence-electron chi connectivity index (χ3n) is 6.94. The number of methoxy groups -OCH3 is 1. The minimum atomic E-state index is -0.706. The predicted octanol–water partition coefficient (Wildman–Crippen LogP) is 6.04.